The van der Waals surface area contributed by atoms with Crippen LogP contribution in [-0.2, 0) is 27.2 Å². The molecule has 2 rings (SSSR count). The number of rotatable bonds is 12. The molecule has 15 heteroatoms. The predicted molar refractivity (Wildman–Crippen MR) is 164 cm³/mol. The van der Waals surface area contributed by atoms with Crippen LogP contribution in [0.2, 0.25) is 36.3 Å². The topological polar surface area (TPSA) is 142 Å². The molecule has 2 heterocycles. The first-order valence-corrected chi connectivity index (χ1v) is 21.6. The van der Waals surface area contributed by atoms with E-state index < -0.39 is 65.8 Å². The molecule has 0 bridgehead atoms. The van der Waals surface area contributed by atoms with Crippen LogP contribution < -0.4 is 11.2 Å². The first-order chi connectivity index (χ1) is 18.5. The third kappa shape index (κ3) is 7.97. The van der Waals surface area contributed by atoms with Gasteiger partial charge in [0.15, 0.2) is 28.6 Å². The summed E-state index contributed by atoms with van der Waals surface area (Å²) in [6.07, 6.45) is -2.59. The van der Waals surface area contributed by atoms with Crippen LogP contribution in [0.15, 0.2) is 21.9 Å². The summed E-state index contributed by atoms with van der Waals surface area (Å²) in [5, 5.41) is 11.3. The van der Waals surface area contributed by atoms with Gasteiger partial charge < -0.3 is 27.8 Å². The number of likely N-dealkylation sites (N-methyl/N-ethyl adjacent to an activating group) is 1. The van der Waals surface area contributed by atoms with Crippen molar-refractivity contribution in [2.45, 2.75) is 122 Å². The number of nitrogens with one attached hydrogen (secondary N) is 1. The Morgan fingerprint density at radius 3 is 1.85 bits per heavy atom. The number of nitrogens with zero attached hydrogens (tertiary/aromatic N) is 2. The van der Waals surface area contributed by atoms with E-state index in [2.05, 4.69) is 72.7 Å². The fourth-order valence-corrected chi connectivity index (χ4v) is 8.89. The van der Waals surface area contributed by atoms with Gasteiger partial charge in [-0.3, -0.25) is 18.9 Å². The molecule has 1 aromatic rings. The Balaban J connectivity index is 2.90. The van der Waals surface area contributed by atoms with Crippen LogP contribution in [0.1, 0.15) is 61.6 Å². The number of hydrogen-bond acceptors (Lipinski definition) is 10. The minimum Gasteiger partial charge on any atom is -0.408 e. The van der Waals surface area contributed by atoms with Gasteiger partial charge in [0.25, 0.3) is 5.56 Å². The van der Waals surface area contributed by atoms with E-state index in [0.29, 0.717) is 0 Å². The van der Waals surface area contributed by atoms with Crippen molar-refractivity contribution in [2.24, 2.45) is 0 Å². The van der Waals surface area contributed by atoms with E-state index in [9.17, 15) is 19.4 Å². The van der Waals surface area contributed by atoms with Gasteiger partial charge in [-0.2, -0.15) is 5.06 Å². The summed E-state index contributed by atoms with van der Waals surface area (Å²) in [6.45, 7) is 24.4. The van der Waals surface area contributed by atoms with E-state index in [0.717, 1.165) is 5.06 Å². The molecule has 41 heavy (non-hydrogen) atoms. The van der Waals surface area contributed by atoms with Gasteiger partial charge in [0.1, 0.15) is 18.3 Å². The maximum absolute atomic E-state index is 14.2. The molecule has 1 unspecified atom stereocenters. The highest BCUT2D eigenvalue weighted by Gasteiger charge is 2.60. The summed E-state index contributed by atoms with van der Waals surface area (Å²) in [6, 6.07) is 1.23. The summed E-state index contributed by atoms with van der Waals surface area (Å²) in [5.74, 6) is -1.31. The molecule has 12 nitrogen and oxygen atoms in total. The number of aromatic nitrogens is 2. The Kier molecular flexibility index (Phi) is 11.5. The molecule has 2 N–H and O–H groups in total. The summed E-state index contributed by atoms with van der Waals surface area (Å²) < 4.78 is 47.4. The van der Waals surface area contributed by atoms with Crippen molar-refractivity contribution in [1.82, 2.24) is 14.6 Å². The van der Waals surface area contributed by atoms with Crippen LogP contribution in [0.5, 0.6) is 0 Å². The van der Waals surface area contributed by atoms with Gasteiger partial charge in [-0.25, -0.2) is 4.79 Å². The molecule has 1 aliphatic rings. The van der Waals surface area contributed by atoms with E-state index >= 15 is 0 Å². The molecule has 1 fully saturated rings. The first kappa shape index (κ1) is 36.3. The van der Waals surface area contributed by atoms with Gasteiger partial charge >= 0.3 is 13.3 Å². The summed E-state index contributed by atoms with van der Waals surface area (Å²) in [7, 11) is -7.79. The zero-order chi connectivity index (χ0) is 31.8. The van der Waals surface area contributed by atoms with E-state index in [-0.39, 0.29) is 23.3 Å². The predicted octanol–water partition coefficient (Wildman–Crippen LogP) is 5.13. The lowest BCUT2D eigenvalue weighted by Gasteiger charge is -2.45. The van der Waals surface area contributed by atoms with Crippen LogP contribution in [0.4, 0.5) is 0 Å². The van der Waals surface area contributed by atoms with E-state index in [4.69, 9.17) is 22.6 Å². The standard InChI is InChI=1S/C26H52N3O9PSi2/c1-14-34-39(33,35-15-2)23(28(9)32)21-19(37-40(10,11)25(3,4)5)20(38-41(12,13)26(6,7)8)22(36-21)29-17-16-18(30)27-24(29)31/h16-17,19-23,32H,14-15H2,1-13H3,(H,27,30,31)/t19-,20+,21-,22+,23?/m1/s1. The molecule has 1 saturated heterocycles. The van der Waals surface area contributed by atoms with Crippen LogP contribution in [0.25, 0.3) is 0 Å². The molecule has 0 saturated carbocycles. The zero-order valence-electron chi connectivity index (χ0n) is 27.0. The lowest BCUT2D eigenvalue weighted by Crippen LogP contribution is -2.56. The van der Waals surface area contributed by atoms with Crippen molar-refractivity contribution < 1.29 is 32.4 Å². The van der Waals surface area contributed by atoms with Crippen LogP contribution in [-0.4, -0.2) is 80.8 Å². The Morgan fingerprint density at radius 1 is 1.00 bits per heavy atom. The summed E-state index contributed by atoms with van der Waals surface area (Å²) in [5.41, 5.74) is -1.24. The lowest BCUT2D eigenvalue weighted by atomic mass is 10.1. The van der Waals surface area contributed by atoms with E-state index in [1.165, 1.54) is 23.9 Å². The maximum atomic E-state index is 14.2. The largest absolute Gasteiger partial charge is 0.408 e. The highest BCUT2D eigenvalue weighted by molar-refractivity contribution is 7.54. The third-order valence-corrected chi connectivity index (χ3v) is 19.9. The normalized spacial score (nSPS) is 23.8. The molecule has 0 amide bonds. The second kappa shape index (κ2) is 13.0. The molecule has 0 spiro atoms. The SMILES string of the molecule is CCOP(=O)(OCC)C([C@@H]1O[C@H](n2ccc(=O)[nH]c2=O)[C@@H](O[Si](C)(C)C(C)(C)C)[C@H]1O[Si](C)(C)C(C)(C)C)N(C)O. The van der Waals surface area contributed by atoms with Crippen LogP contribution >= 0.6 is 7.60 Å². The zero-order valence-corrected chi connectivity index (χ0v) is 29.9. The highest BCUT2D eigenvalue weighted by Crippen LogP contribution is 2.58. The third-order valence-electron chi connectivity index (χ3n) is 8.44. The number of hydrogen-bond donors (Lipinski definition) is 2. The average molecular weight is 638 g/mol. The van der Waals surface area contributed by atoms with Gasteiger partial charge in [0.2, 0.25) is 0 Å². The molecule has 238 valence electrons. The van der Waals surface area contributed by atoms with Gasteiger partial charge in [-0.15, -0.1) is 0 Å². The van der Waals surface area contributed by atoms with E-state index in [1.807, 2.05) is 0 Å². The van der Waals surface area contributed by atoms with Crippen molar-refractivity contribution >= 4 is 24.2 Å². The molecule has 0 radical (unpaired) electrons. The minimum atomic E-state index is -4.03. The van der Waals surface area contributed by atoms with Crippen molar-refractivity contribution in [3.05, 3.63) is 33.1 Å². The molecule has 0 aliphatic carbocycles. The summed E-state index contributed by atoms with van der Waals surface area (Å²) >= 11 is 0. The number of H-pyrrole nitrogens is 1. The van der Waals surface area contributed by atoms with Gasteiger partial charge in [0.05, 0.1) is 13.2 Å². The maximum Gasteiger partial charge on any atom is 0.352 e. The number of ether oxygens (including phenoxy) is 1. The Bertz CT molecular complexity index is 1180. The van der Waals surface area contributed by atoms with Gasteiger partial charge in [-0.1, -0.05) is 41.5 Å². The second-order valence-electron chi connectivity index (χ2n) is 13.6. The quantitative estimate of drug-likeness (QED) is 0.180. The highest BCUT2D eigenvalue weighted by atomic mass is 31.2. The Hall–Kier alpha value is -0.936. The minimum absolute atomic E-state index is 0.0643. The van der Waals surface area contributed by atoms with Gasteiger partial charge in [-0.05, 0) is 50.1 Å². The van der Waals surface area contributed by atoms with Crippen molar-refractivity contribution in [2.75, 3.05) is 20.3 Å². The average Bonchev–Trinajstić information content (AvgIpc) is 3.08. The fraction of sp³-hybridized carbons (Fsp3) is 0.846. The molecule has 1 aliphatic heterocycles. The van der Waals surface area contributed by atoms with Crippen LogP contribution in [0, 0.1) is 0 Å². The Labute approximate surface area is 246 Å². The monoisotopic (exact) mass is 637 g/mol. The molecule has 0 aromatic carbocycles. The number of hydroxylamine groups is 2. The van der Waals surface area contributed by atoms with E-state index in [1.54, 1.807) is 13.8 Å². The molecular formula is C26H52N3O9PSi2. The Morgan fingerprint density at radius 2 is 1.46 bits per heavy atom. The fourth-order valence-electron chi connectivity index (χ4n) is 4.20. The molecule has 1 aromatic heterocycles. The number of aromatic amines is 1. The van der Waals surface area contributed by atoms with Crippen LogP contribution in [0.3, 0.4) is 0 Å². The summed E-state index contributed by atoms with van der Waals surface area (Å²) in [4.78, 5) is 27.3. The van der Waals surface area contributed by atoms with Crippen molar-refractivity contribution in [1.29, 1.82) is 0 Å². The van der Waals surface area contributed by atoms with Crippen molar-refractivity contribution in [3.63, 3.8) is 0 Å². The molecular weight excluding hydrogens is 585 g/mol. The van der Waals surface area contributed by atoms with Crippen molar-refractivity contribution in [3.8, 4) is 0 Å². The second-order valence-corrected chi connectivity index (χ2v) is 25.2. The molecule has 5 atom stereocenters. The van der Waals surface area contributed by atoms with Gasteiger partial charge in [0, 0.05) is 19.3 Å². The smallest absolute Gasteiger partial charge is 0.352 e. The lowest BCUT2D eigenvalue weighted by molar-refractivity contribution is -0.141. The first-order valence-electron chi connectivity index (χ1n) is 14.2.